The van der Waals surface area contributed by atoms with Crippen molar-refractivity contribution in [2.45, 2.75) is 0 Å². The van der Waals surface area contributed by atoms with Gasteiger partial charge in [-0.25, -0.2) is 9.34 Å². The van der Waals surface area contributed by atoms with Crippen LogP contribution in [-0.4, -0.2) is 82.1 Å². The minimum Gasteiger partial charge on any atom is -0.260 e. The van der Waals surface area contributed by atoms with Crippen LogP contribution in [0, 0.1) is 0 Å². The van der Waals surface area contributed by atoms with Gasteiger partial charge < -0.3 is 0 Å². The van der Waals surface area contributed by atoms with Crippen LogP contribution in [0.1, 0.15) is 0 Å². The summed E-state index contributed by atoms with van der Waals surface area (Å²) in [4.78, 5) is 0. The summed E-state index contributed by atoms with van der Waals surface area (Å²) >= 11 is 0. The summed E-state index contributed by atoms with van der Waals surface area (Å²) in [6.07, 6.45) is 0. The molecule has 0 fully saturated rings. The highest BCUT2D eigenvalue weighted by molar-refractivity contribution is 7.75. The number of nitrogens with one attached hydrogen (secondary N) is 1. The summed E-state index contributed by atoms with van der Waals surface area (Å²) in [6.45, 7) is 0. The van der Waals surface area contributed by atoms with Crippen LogP contribution in [0.3, 0.4) is 0 Å². The molecular formula is C9H30N7P2+. The second-order valence-electron chi connectivity index (χ2n) is 4.88. The third-order valence-corrected chi connectivity index (χ3v) is 10.1. The fourth-order valence-electron chi connectivity index (χ4n) is 1.66. The summed E-state index contributed by atoms with van der Waals surface area (Å²) < 4.78 is 13.3. The van der Waals surface area contributed by atoms with E-state index in [0.29, 0.717) is 0 Å². The van der Waals surface area contributed by atoms with Gasteiger partial charge in [-0.15, -0.1) is 9.34 Å². The molecule has 0 unspecified atom stereocenters. The third kappa shape index (κ3) is 3.50. The fraction of sp³-hybridized carbons (Fsp3) is 1.00. The van der Waals surface area contributed by atoms with Crippen molar-refractivity contribution < 1.29 is 0 Å². The van der Waals surface area contributed by atoms with Gasteiger partial charge in [0.2, 0.25) is 7.51 Å². The van der Waals surface area contributed by atoms with Crippen LogP contribution in [0.5, 0.6) is 0 Å². The lowest BCUT2D eigenvalue weighted by Gasteiger charge is -2.37. The Morgan fingerprint density at radius 1 is 0.889 bits per heavy atom. The fourth-order valence-corrected chi connectivity index (χ4v) is 8.28. The number of nitrogens with two attached hydrogens (primary N) is 1. The van der Waals surface area contributed by atoms with E-state index in [1.807, 2.05) is 72.8 Å². The molecule has 9 heteroatoms. The van der Waals surface area contributed by atoms with Gasteiger partial charge >= 0.3 is 7.87 Å². The molecule has 0 saturated heterocycles. The Labute approximate surface area is 113 Å². The van der Waals surface area contributed by atoms with Crippen molar-refractivity contribution in [3.05, 3.63) is 0 Å². The molecule has 18 heavy (non-hydrogen) atoms. The molecular weight excluding hydrogens is 268 g/mol. The van der Waals surface area contributed by atoms with Crippen LogP contribution in [0.15, 0.2) is 4.52 Å². The molecule has 0 spiro atoms. The Morgan fingerprint density at radius 2 is 1.22 bits per heavy atom. The first-order chi connectivity index (χ1) is 8.04. The smallest absolute Gasteiger partial charge is 0.260 e. The maximum atomic E-state index is 6.55. The van der Waals surface area contributed by atoms with Crippen LogP contribution in [0.25, 0.3) is 0 Å². The molecule has 0 radical (unpaired) electrons. The first kappa shape index (κ1) is 18.4. The Balaban J connectivity index is 5.95. The zero-order valence-electron chi connectivity index (χ0n) is 13.2. The van der Waals surface area contributed by atoms with Crippen molar-refractivity contribution in [2.75, 3.05) is 63.4 Å². The van der Waals surface area contributed by atoms with E-state index in [1.54, 1.807) is 0 Å². The number of hydrogen-bond acceptors (Lipinski definition) is 4. The van der Waals surface area contributed by atoms with Crippen molar-refractivity contribution in [1.29, 1.82) is 0 Å². The highest BCUT2D eigenvalue weighted by atomic mass is 31.2. The van der Waals surface area contributed by atoms with Gasteiger partial charge in [0.25, 0.3) is 0 Å². The number of nitrogens with zero attached hydrogens (tertiary/aromatic N) is 5. The predicted molar refractivity (Wildman–Crippen MR) is 84.3 cm³/mol. The second-order valence-corrected chi connectivity index (χ2v) is 11.6. The molecule has 7 nitrogen and oxygen atoms in total. The molecule has 3 N–H and O–H groups in total. The van der Waals surface area contributed by atoms with Gasteiger partial charge in [-0.1, -0.05) is 0 Å². The second kappa shape index (κ2) is 6.73. The highest BCUT2D eigenvalue weighted by Gasteiger charge is 2.45. The van der Waals surface area contributed by atoms with Crippen molar-refractivity contribution in [3.63, 3.8) is 0 Å². The van der Waals surface area contributed by atoms with Crippen LogP contribution in [0.2, 0.25) is 0 Å². The van der Waals surface area contributed by atoms with E-state index in [4.69, 9.17) is 10.0 Å². The maximum Gasteiger partial charge on any atom is 0.351 e. The summed E-state index contributed by atoms with van der Waals surface area (Å²) in [5.41, 5.74) is 6.55. The highest BCUT2D eigenvalue weighted by Crippen LogP contribution is 2.66. The van der Waals surface area contributed by atoms with Gasteiger partial charge in [-0.3, -0.25) is 5.09 Å². The average molecular weight is 298 g/mol. The zero-order valence-corrected chi connectivity index (χ0v) is 15.0. The van der Waals surface area contributed by atoms with Crippen molar-refractivity contribution >= 4 is 15.4 Å². The lowest BCUT2D eigenvalue weighted by Crippen LogP contribution is -2.35. The Hall–Kier alpha value is 0.420. The molecule has 0 aromatic carbocycles. The predicted octanol–water partition coefficient (Wildman–Crippen LogP) is 1.03. The van der Waals surface area contributed by atoms with Gasteiger partial charge in [0.05, 0.1) is 0 Å². The van der Waals surface area contributed by atoms with Crippen molar-refractivity contribution in [2.24, 2.45) is 10.0 Å². The largest absolute Gasteiger partial charge is 0.351 e. The summed E-state index contributed by atoms with van der Waals surface area (Å²) in [5.74, 6) is 0. The lowest BCUT2D eigenvalue weighted by atomic mass is 11.3. The van der Waals surface area contributed by atoms with E-state index in [1.165, 1.54) is 0 Å². The van der Waals surface area contributed by atoms with E-state index < -0.39 is 15.4 Å². The summed E-state index contributed by atoms with van der Waals surface area (Å²) in [7, 11) is 13.8. The van der Waals surface area contributed by atoms with Gasteiger partial charge in [-0.05, 0) is 39.8 Å². The monoisotopic (exact) mass is 298 g/mol. The maximum absolute atomic E-state index is 6.55. The number of hydrogen-bond donors (Lipinski definition) is 2. The molecule has 0 rings (SSSR count). The topological polar surface area (TPSA) is 63.4 Å². The molecule has 0 saturated carbocycles. The molecule has 0 heterocycles. The van der Waals surface area contributed by atoms with E-state index in [-0.39, 0.29) is 0 Å². The Morgan fingerprint density at radius 3 is 1.39 bits per heavy atom. The minimum absolute atomic E-state index is 1.94. The molecule has 0 aromatic heterocycles. The Kier molecular flexibility index (Phi) is 6.89. The SMILES string of the molecule is CNP(=N[P+](N)(N(C)C)N(C)C)(N(C)C)N(C)C. The van der Waals surface area contributed by atoms with Crippen LogP contribution >= 0.6 is 15.4 Å². The molecule has 0 aliphatic carbocycles. The van der Waals surface area contributed by atoms with Gasteiger partial charge in [0, 0.05) is 28.2 Å². The zero-order chi connectivity index (χ0) is 14.7. The molecule has 0 atom stereocenters. The normalized spacial score (nSPS) is 14.1. The van der Waals surface area contributed by atoms with Crippen LogP contribution < -0.4 is 10.6 Å². The van der Waals surface area contributed by atoms with E-state index >= 15 is 0 Å². The quantitative estimate of drug-likeness (QED) is 0.714. The van der Waals surface area contributed by atoms with Crippen molar-refractivity contribution in [3.8, 4) is 0 Å². The van der Waals surface area contributed by atoms with Crippen molar-refractivity contribution in [1.82, 2.24) is 23.8 Å². The van der Waals surface area contributed by atoms with E-state index in [0.717, 1.165) is 0 Å². The van der Waals surface area contributed by atoms with Gasteiger partial charge in [0.15, 0.2) is 0 Å². The molecule has 0 bridgehead atoms. The average Bonchev–Trinajstić information content (AvgIpc) is 2.23. The molecule has 110 valence electrons. The van der Waals surface area contributed by atoms with Crippen LogP contribution in [-0.2, 0) is 0 Å². The van der Waals surface area contributed by atoms with E-state index in [2.05, 4.69) is 14.4 Å². The molecule has 0 amide bonds. The summed E-state index contributed by atoms with van der Waals surface area (Å²) in [6, 6.07) is 0. The third-order valence-electron chi connectivity index (χ3n) is 2.85. The molecule has 0 aromatic rings. The first-order valence-electron chi connectivity index (χ1n) is 5.76. The molecule has 0 aliphatic heterocycles. The van der Waals surface area contributed by atoms with E-state index in [9.17, 15) is 0 Å². The molecule has 0 aliphatic rings. The Bertz CT molecular complexity index is 294. The first-order valence-corrected chi connectivity index (χ1v) is 9.12. The summed E-state index contributed by atoms with van der Waals surface area (Å²) in [5, 5.41) is 3.37. The standard InChI is InChI=1S/C9H30N7P2/c1-11-18(15(6)7,16(8)9)12-17(10,13(2)3)14(4)5/h11H,10H2,1-9H3/q+1. The van der Waals surface area contributed by atoms with Gasteiger partial charge in [0.1, 0.15) is 0 Å². The number of rotatable bonds is 6. The lowest BCUT2D eigenvalue weighted by molar-refractivity contribution is 0.532. The van der Waals surface area contributed by atoms with Crippen LogP contribution in [0.4, 0.5) is 0 Å². The van der Waals surface area contributed by atoms with Gasteiger partial charge in [-0.2, -0.15) is 5.50 Å². The minimum atomic E-state index is -2.16.